The zero-order valence-corrected chi connectivity index (χ0v) is 26.1. The van der Waals surface area contributed by atoms with Crippen LogP contribution < -0.4 is 10.8 Å². The molecule has 4 aliphatic rings. The number of rotatable bonds is 6. The number of phenols is 1. The number of aliphatic hydroxyl groups excluding tert-OH is 1. The second-order valence-electron chi connectivity index (χ2n) is 12.9. The number of fused-ring (bicyclic) bond motifs is 1. The second kappa shape index (κ2) is 13.7. The highest BCUT2D eigenvalue weighted by Crippen LogP contribution is 2.26. The van der Waals surface area contributed by atoms with E-state index in [1.54, 1.807) is 29.8 Å². The van der Waals surface area contributed by atoms with Gasteiger partial charge < -0.3 is 35.0 Å². The van der Waals surface area contributed by atoms with E-state index < -0.39 is 12.2 Å². The molecule has 0 aromatic heterocycles. The Morgan fingerprint density at radius 1 is 0.933 bits per heavy atom. The fourth-order valence-electron chi connectivity index (χ4n) is 7.29. The zero-order valence-electron chi connectivity index (χ0n) is 26.1. The number of anilines is 1. The van der Waals surface area contributed by atoms with Crippen LogP contribution in [0.5, 0.6) is 5.75 Å². The monoisotopic (exact) mass is 617 g/mol. The van der Waals surface area contributed by atoms with E-state index in [1.807, 2.05) is 35.2 Å². The van der Waals surface area contributed by atoms with Gasteiger partial charge in [0.15, 0.2) is 6.10 Å². The number of carbonyl (C=O) groups excluding carboxylic acids is 3. The van der Waals surface area contributed by atoms with Gasteiger partial charge in [-0.3, -0.25) is 9.69 Å². The molecule has 2 aromatic carbocycles. The smallest absolute Gasteiger partial charge is 0.410 e. The van der Waals surface area contributed by atoms with E-state index in [0.717, 1.165) is 49.0 Å². The topological polar surface area (TPSA) is 126 Å². The lowest BCUT2D eigenvalue weighted by Crippen LogP contribution is -2.52. The molecule has 0 radical (unpaired) electrons. The summed E-state index contributed by atoms with van der Waals surface area (Å²) in [5.41, 5.74) is 3.48. The molecule has 45 heavy (non-hydrogen) atoms. The number of hydrogen-bond acceptors (Lipinski definition) is 7. The first-order valence-corrected chi connectivity index (χ1v) is 16.4. The molecule has 4 heterocycles. The molecule has 0 unspecified atom stereocenters. The van der Waals surface area contributed by atoms with Crippen LogP contribution in [0.25, 0.3) is 0 Å². The minimum atomic E-state index is -0.987. The Hall–Kier alpha value is -3.77. The Balaban J connectivity index is 1.07. The van der Waals surface area contributed by atoms with Crippen LogP contribution in [-0.4, -0.2) is 126 Å². The molecule has 240 valence electrons. The number of para-hydroxylation sites is 1. The molecule has 4 aliphatic heterocycles. The Morgan fingerprint density at radius 3 is 2.36 bits per heavy atom. The third-order valence-corrected chi connectivity index (χ3v) is 9.99. The fraction of sp³-hybridized carbons (Fsp3) is 0.545. The van der Waals surface area contributed by atoms with Gasteiger partial charge in [-0.2, -0.15) is 0 Å². The highest BCUT2D eigenvalue weighted by Gasteiger charge is 2.37. The van der Waals surface area contributed by atoms with Gasteiger partial charge in [0.1, 0.15) is 13.6 Å². The number of urea groups is 1. The number of carbonyl (C=O) groups is 3. The first-order chi connectivity index (χ1) is 21.7. The maximum atomic E-state index is 13.8. The van der Waals surface area contributed by atoms with Gasteiger partial charge in [-0.05, 0) is 67.2 Å². The average molecular weight is 618 g/mol. The number of piperidine rings is 2. The molecule has 0 aliphatic carbocycles. The molecule has 6 rings (SSSR count). The molecule has 3 N–H and O–H groups in total. The van der Waals surface area contributed by atoms with E-state index in [9.17, 15) is 24.6 Å². The van der Waals surface area contributed by atoms with Crippen molar-refractivity contribution in [2.45, 2.75) is 69.2 Å². The normalized spacial score (nSPS) is 22.5. The summed E-state index contributed by atoms with van der Waals surface area (Å²) in [7, 11) is 1.80. The minimum Gasteiger partial charge on any atom is -0.509 e. The van der Waals surface area contributed by atoms with Crippen molar-refractivity contribution in [2.75, 3.05) is 51.1 Å². The van der Waals surface area contributed by atoms with Crippen molar-refractivity contribution >= 4 is 37.0 Å². The number of ether oxygens (including phenoxy) is 1. The number of benzene rings is 2. The standard InChI is InChI=1S/C33H44BN5O6/c34-27-19-22(5-6-29(27)41)20-30(31(42)36-13-8-24(9-14-36)38-17-12-26(40)21-38)45-33(44)37-15-10-25(11-16-37)39-18-7-23-3-1-2-4-28(23)35-32(39)43/h1-6,19,24-26,30,40-41H,7-18,20-21,34H2,(H,35,43)/t26-,30-/m1/s1. The van der Waals surface area contributed by atoms with E-state index >= 15 is 0 Å². The van der Waals surface area contributed by atoms with Gasteiger partial charge in [-0.15, -0.1) is 0 Å². The van der Waals surface area contributed by atoms with Gasteiger partial charge >= 0.3 is 12.1 Å². The van der Waals surface area contributed by atoms with E-state index in [2.05, 4.69) is 10.2 Å². The molecular formula is C33H44BN5O6. The van der Waals surface area contributed by atoms with Crippen molar-refractivity contribution in [1.82, 2.24) is 19.6 Å². The van der Waals surface area contributed by atoms with Crippen molar-refractivity contribution in [2.24, 2.45) is 0 Å². The van der Waals surface area contributed by atoms with Crippen molar-refractivity contribution in [3.63, 3.8) is 0 Å². The van der Waals surface area contributed by atoms with Crippen LogP contribution in [0.1, 0.15) is 43.2 Å². The van der Waals surface area contributed by atoms with E-state index in [0.29, 0.717) is 63.6 Å². The number of phenolic OH excluding ortho intramolecular Hbond substituents is 1. The van der Waals surface area contributed by atoms with Crippen molar-refractivity contribution in [3.05, 3.63) is 53.6 Å². The number of amides is 4. The van der Waals surface area contributed by atoms with Crippen LogP contribution in [0.2, 0.25) is 0 Å². The largest absolute Gasteiger partial charge is 0.509 e. The molecule has 12 heteroatoms. The van der Waals surface area contributed by atoms with Gasteiger partial charge in [-0.25, -0.2) is 9.59 Å². The van der Waals surface area contributed by atoms with Crippen molar-refractivity contribution in [1.29, 1.82) is 0 Å². The summed E-state index contributed by atoms with van der Waals surface area (Å²) in [4.78, 5) is 48.0. The maximum Gasteiger partial charge on any atom is 0.410 e. The SMILES string of the molecule is Bc1cc(C[C@@H](OC(=O)N2CCC(N3CCc4ccccc4NC3=O)CC2)C(=O)N2CCC(N3CC[C@@H](O)C3)CC2)ccc1O. The van der Waals surface area contributed by atoms with Gasteiger partial charge in [-0.1, -0.05) is 30.3 Å². The fourth-order valence-corrected chi connectivity index (χ4v) is 7.29. The number of nitrogens with zero attached hydrogens (tertiary/aromatic N) is 4. The number of aromatic hydroxyl groups is 1. The molecule has 11 nitrogen and oxygen atoms in total. The lowest BCUT2D eigenvalue weighted by atomic mass is 9.91. The Morgan fingerprint density at radius 2 is 1.64 bits per heavy atom. The Bertz CT molecular complexity index is 1390. The summed E-state index contributed by atoms with van der Waals surface area (Å²) in [6.07, 6.45) is 2.91. The lowest BCUT2D eigenvalue weighted by molar-refractivity contribution is -0.142. The summed E-state index contributed by atoms with van der Waals surface area (Å²) >= 11 is 0. The van der Waals surface area contributed by atoms with Crippen LogP contribution in [0, 0.1) is 0 Å². The number of likely N-dealkylation sites (tertiary alicyclic amines) is 3. The highest BCUT2D eigenvalue weighted by atomic mass is 16.6. The molecule has 4 amide bonds. The predicted molar refractivity (Wildman–Crippen MR) is 173 cm³/mol. The van der Waals surface area contributed by atoms with Crippen LogP contribution in [-0.2, 0) is 22.4 Å². The molecule has 0 bridgehead atoms. The first kappa shape index (κ1) is 31.2. The predicted octanol–water partition coefficient (Wildman–Crippen LogP) is 1.31. The molecular weight excluding hydrogens is 573 g/mol. The number of hydrogen-bond donors (Lipinski definition) is 3. The average Bonchev–Trinajstić information content (AvgIpc) is 3.41. The van der Waals surface area contributed by atoms with Gasteiger partial charge in [0.25, 0.3) is 5.91 Å². The summed E-state index contributed by atoms with van der Waals surface area (Å²) in [5, 5.41) is 23.0. The Kier molecular flexibility index (Phi) is 9.51. The van der Waals surface area contributed by atoms with Crippen molar-refractivity contribution in [3.8, 4) is 5.75 Å². The van der Waals surface area contributed by atoms with Crippen LogP contribution in [0.4, 0.5) is 15.3 Å². The molecule has 2 atom stereocenters. The summed E-state index contributed by atoms with van der Waals surface area (Å²) in [5.74, 6) is -0.0257. The third kappa shape index (κ3) is 7.22. The number of nitrogens with one attached hydrogen (secondary N) is 1. The van der Waals surface area contributed by atoms with Crippen LogP contribution in [0.15, 0.2) is 42.5 Å². The highest BCUT2D eigenvalue weighted by molar-refractivity contribution is 6.34. The summed E-state index contributed by atoms with van der Waals surface area (Å²) in [6, 6.07) is 13.3. The lowest BCUT2D eigenvalue weighted by Gasteiger charge is -2.39. The molecule has 3 saturated heterocycles. The molecule has 3 fully saturated rings. The number of β-amino-alcohol motifs (C(OH)–C–C–N with tert-alkyl or cyclic N) is 1. The van der Waals surface area contributed by atoms with E-state index in [-0.39, 0.29) is 36.3 Å². The molecule has 2 aromatic rings. The zero-order chi connectivity index (χ0) is 31.5. The molecule has 0 saturated carbocycles. The summed E-state index contributed by atoms with van der Waals surface area (Å²) in [6.45, 7) is 4.21. The summed E-state index contributed by atoms with van der Waals surface area (Å²) < 4.78 is 5.98. The van der Waals surface area contributed by atoms with Gasteiger partial charge in [0.2, 0.25) is 0 Å². The van der Waals surface area contributed by atoms with E-state index in [1.165, 1.54) is 0 Å². The second-order valence-corrected chi connectivity index (χ2v) is 12.9. The maximum absolute atomic E-state index is 13.8. The van der Waals surface area contributed by atoms with E-state index in [4.69, 9.17) is 4.74 Å². The Labute approximate surface area is 265 Å². The van der Waals surface area contributed by atoms with Gasteiger partial charge in [0.05, 0.1) is 6.10 Å². The number of aliphatic hydroxyl groups is 1. The van der Waals surface area contributed by atoms with Crippen molar-refractivity contribution < 1.29 is 29.3 Å². The van der Waals surface area contributed by atoms with Crippen LogP contribution in [0.3, 0.4) is 0 Å². The first-order valence-electron chi connectivity index (χ1n) is 16.4. The quantitative estimate of drug-likeness (QED) is 0.418. The minimum absolute atomic E-state index is 0.0128. The molecule has 0 spiro atoms. The van der Waals surface area contributed by atoms with Gasteiger partial charge in [0, 0.05) is 70.0 Å². The van der Waals surface area contributed by atoms with Crippen LogP contribution >= 0.6 is 0 Å². The third-order valence-electron chi connectivity index (χ3n) is 9.99.